The Bertz CT molecular complexity index is 772. The molecule has 0 bridgehead atoms. The molecule has 0 unspecified atom stereocenters. The molecular weight excluding hydrogens is 292 g/mol. The van der Waals surface area contributed by atoms with Crippen LogP contribution in [0.3, 0.4) is 0 Å². The first-order valence-corrected chi connectivity index (χ1v) is 6.39. The van der Waals surface area contributed by atoms with Crippen LogP contribution in [0, 0.1) is 18.3 Å². The minimum Gasteiger partial charge on any atom is -0.465 e. The molecule has 0 aliphatic heterocycles. The summed E-state index contributed by atoms with van der Waals surface area (Å²) in [5, 5.41) is 9.36. The van der Waals surface area contributed by atoms with Crippen molar-refractivity contribution in [3.63, 3.8) is 0 Å². The van der Waals surface area contributed by atoms with Crippen LogP contribution in [-0.4, -0.2) is 23.8 Å². The molecule has 1 N–H and O–H groups in total. The van der Waals surface area contributed by atoms with Gasteiger partial charge in [0.05, 0.1) is 17.7 Å². The molecule has 0 saturated heterocycles. The Kier molecular flexibility index (Phi) is 4.10. The normalized spacial score (nSPS) is 10.0. The maximum atomic E-state index is 12.6. The van der Waals surface area contributed by atoms with Gasteiger partial charge >= 0.3 is 5.97 Å². The van der Waals surface area contributed by atoms with E-state index in [1.54, 1.807) is 31.2 Å². The number of aromatic amines is 1. The molecule has 0 fully saturated rings. The predicted octanol–water partition coefficient (Wildman–Crippen LogP) is 2.87. The molecule has 106 valence electrons. The maximum absolute atomic E-state index is 12.6. The molecule has 0 aliphatic rings. The lowest BCUT2D eigenvalue weighted by molar-refractivity contribution is 0.0597. The molecule has 0 radical (unpaired) electrons. The zero-order chi connectivity index (χ0) is 15.6. The second-order valence-corrected chi connectivity index (χ2v) is 4.69. The summed E-state index contributed by atoms with van der Waals surface area (Å²) in [6, 6.07) is 8.36. The molecule has 0 atom stereocenters. The smallest absolute Gasteiger partial charge is 0.341 e. The van der Waals surface area contributed by atoms with Gasteiger partial charge in [0.15, 0.2) is 5.78 Å². The van der Waals surface area contributed by atoms with Gasteiger partial charge in [-0.3, -0.25) is 4.79 Å². The second kappa shape index (κ2) is 5.81. The SMILES string of the molecule is COC(=O)c1c(C#N)[nH]c(C)c1C(=O)c1ccccc1Cl. The third-order valence-electron chi connectivity index (χ3n) is 3.03. The first-order valence-electron chi connectivity index (χ1n) is 6.01. The number of benzene rings is 1. The Balaban J connectivity index is 2.67. The van der Waals surface area contributed by atoms with E-state index in [-0.39, 0.29) is 27.4 Å². The number of nitrogens with zero attached hydrogens (tertiary/aromatic N) is 1. The van der Waals surface area contributed by atoms with Crippen LogP contribution in [0.25, 0.3) is 0 Å². The zero-order valence-electron chi connectivity index (χ0n) is 11.4. The lowest BCUT2D eigenvalue weighted by Gasteiger charge is -2.05. The monoisotopic (exact) mass is 302 g/mol. The first kappa shape index (κ1) is 14.8. The van der Waals surface area contributed by atoms with Gasteiger partial charge in [-0.05, 0) is 19.1 Å². The van der Waals surface area contributed by atoms with E-state index >= 15 is 0 Å². The summed E-state index contributed by atoms with van der Waals surface area (Å²) in [4.78, 5) is 27.2. The number of carbonyl (C=O) groups is 2. The van der Waals surface area contributed by atoms with Crippen molar-refractivity contribution < 1.29 is 14.3 Å². The highest BCUT2D eigenvalue weighted by atomic mass is 35.5. The number of nitriles is 1. The number of ether oxygens (including phenoxy) is 1. The minimum atomic E-state index is -0.744. The van der Waals surface area contributed by atoms with Crippen molar-refractivity contribution in [1.29, 1.82) is 5.26 Å². The Morgan fingerprint density at radius 1 is 1.29 bits per heavy atom. The third kappa shape index (κ3) is 2.54. The second-order valence-electron chi connectivity index (χ2n) is 4.29. The highest BCUT2D eigenvalue weighted by molar-refractivity contribution is 6.35. The molecule has 6 heteroatoms. The van der Waals surface area contributed by atoms with Crippen molar-refractivity contribution in [3.05, 3.63) is 57.4 Å². The number of rotatable bonds is 3. The van der Waals surface area contributed by atoms with Crippen molar-refractivity contribution in [2.24, 2.45) is 0 Å². The molecule has 0 spiro atoms. The summed E-state index contributed by atoms with van der Waals surface area (Å²) in [5.41, 5.74) is 0.705. The number of hydrogen-bond acceptors (Lipinski definition) is 4. The number of carbonyl (C=O) groups excluding carboxylic acids is 2. The first-order chi connectivity index (χ1) is 10.0. The quantitative estimate of drug-likeness (QED) is 0.698. The van der Waals surface area contributed by atoms with Crippen LogP contribution in [0.5, 0.6) is 0 Å². The van der Waals surface area contributed by atoms with Gasteiger partial charge in [0.2, 0.25) is 0 Å². The van der Waals surface area contributed by atoms with E-state index < -0.39 is 11.8 Å². The average molecular weight is 303 g/mol. The fraction of sp³-hybridized carbons (Fsp3) is 0.133. The van der Waals surface area contributed by atoms with Crippen LogP contribution >= 0.6 is 11.6 Å². The number of ketones is 1. The van der Waals surface area contributed by atoms with Gasteiger partial charge in [-0.15, -0.1) is 0 Å². The molecule has 1 aromatic carbocycles. The molecular formula is C15H11ClN2O3. The number of nitrogens with one attached hydrogen (secondary N) is 1. The van der Waals surface area contributed by atoms with Crippen molar-refractivity contribution in [1.82, 2.24) is 4.98 Å². The lowest BCUT2D eigenvalue weighted by Crippen LogP contribution is -2.11. The number of aryl methyl sites for hydroxylation is 1. The Labute approximate surface area is 126 Å². The summed E-state index contributed by atoms with van der Waals surface area (Å²) in [6.07, 6.45) is 0. The van der Waals surface area contributed by atoms with Gasteiger partial charge < -0.3 is 9.72 Å². The summed E-state index contributed by atoms with van der Waals surface area (Å²) in [5.74, 6) is -1.18. The minimum absolute atomic E-state index is 0.00486. The summed E-state index contributed by atoms with van der Waals surface area (Å²) < 4.78 is 4.65. The van der Waals surface area contributed by atoms with Crippen LogP contribution in [0.15, 0.2) is 24.3 Å². The average Bonchev–Trinajstić information content (AvgIpc) is 2.82. The molecule has 0 amide bonds. The van der Waals surface area contributed by atoms with Crippen LogP contribution in [0.4, 0.5) is 0 Å². The van der Waals surface area contributed by atoms with E-state index in [0.717, 1.165) is 0 Å². The molecule has 0 aliphatic carbocycles. The van der Waals surface area contributed by atoms with Crippen molar-refractivity contribution in [2.45, 2.75) is 6.92 Å². The topological polar surface area (TPSA) is 82.9 Å². The van der Waals surface area contributed by atoms with E-state index in [4.69, 9.17) is 16.9 Å². The third-order valence-corrected chi connectivity index (χ3v) is 3.36. The highest BCUT2D eigenvalue weighted by Gasteiger charge is 2.28. The summed E-state index contributed by atoms with van der Waals surface area (Å²) in [7, 11) is 1.19. The van der Waals surface area contributed by atoms with Crippen LogP contribution in [-0.2, 0) is 4.74 Å². The number of esters is 1. The van der Waals surface area contributed by atoms with Crippen LogP contribution in [0.1, 0.15) is 37.7 Å². The summed E-state index contributed by atoms with van der Waals surface area (Å²) in [6.45, 7) is 1.61. The zero-order valence-corrected chi connectivity index (χ0v) is 12.1. The highest BCUT2D eigenvalue weighted by Crippen LogP contribution is 2.26. The van der Waals surface area contributed by atoms with Gasteiger partial charge in [0, 0.05) is 11.3 Å². The summed E-state index contributed by atoms with van der Waals surface area (Å²) >= 11 is 6.02. The Morgan fingerprint density at radius 3 is 2.52 bits per heavy atom. The van der Waals surface area contributed by atoms with E-state index in [9.17, 15) is 9.59 Å². The largest absolute Gasteiger partial charge is 0.465 e. The van der Waals surface area contributed by atoms with Gasteiger partial charge in [0.1, 0.15) is 17.3 Å². The lowest BCUT2D eigenvalue weighted by atomic mass is 9.99. The van der Waals surface area contributed by atoms with Gasteiger partial charge in [-0.1, -0.05) is 23.7 Å². The molecule has 5 nitrogen and oxygen atoms in total. The van der Waals surface area contributed by atoms with E-state index in [1.165, 1.54) is 7.11 Å². The van der Waals surface area contributed by atoms with Gasteiger partial charge in [0.25, 0.3) is 0 Å². The molecule has 2 aromatic rings. The number of methoxy groups -OCH3 is 1. The fourth-order valence-corrected chi connectivity index (χ4v) is 2.30. The number of hydrogen-bond donors (Lipinski definition) is 1. The molecule has 1 aromatic heterocycles. The van der Waals surface area contributed by atoms with Crippen molar-refractivity contribution >= 4 is 23.4 Å². The van der Waals surface area contributed by atoms with Crippen LogP contribution in [0.2, 0.25) is 5.02 Å². The molecule has 21 heavy (non-hydrogen) atoms. The van der Waals surface area contributed by atoms with Crippen LogP contribution < -0.4 is 0 Å². The molecule has 0 saturated carbocycles. The van der Waals surface area contributed by atoms with Crippen molar-refractivity contribution in [3.8, 4) is 6.07 Å². The Morgan fingerprint density at radius 2 is 1.95 bits per heavy atom. The van der Waals surface area contributed by atoms with Crippen molar-refractivity contribution in [2.75, 3.05) is 7.11 Å². The van der Waals surface area contributed by atoms with E-state index in [0.29, 0.717) is 5.69 Å². The van der Waals surface area contributed by atoms with E-state index in [2.05, 4.69) is 9.72 Å². The standard InChI is InChI=1S/C15H11ClN2O3/c1-8-12(13(15(20)21-2)11(7-17)18-8)14(19)9-5-3-4-6-10(9)16/h3-6,18H,1-2H3. The van der Waals surface area contributed by atoms with Gasteiger partial charge in [-0.2, -0.15) is 5.26 Å². The number of H-pyrrole nitrogens is 1. The molecule has 1 heterocycles. The number of halogens is 1. The fourth-order valence-electron chi connectivity index (χ4n) is 2.08. The number of aromatic nitrogens is 1. The Hall–Kier alpha value is -2.58. The van der Waals surface area contributed by atoms with Gasteiger partial charge in [-0.25, -0.2) is 4.79 Å². The molecule has 2 rings (SSSR count). The van der Waals surface area contributed by atoms with E-state index in [1.807, 2.05) is 6.07 Å². The maximum Gasteiger partial charge on any atom is 0.341 e. The predicted molar refractivity (Wildman–Crippen MR) is 76.5 cm³/mol.